The van der Waals surface area contributed by atoms with Gasteiger partial charge in [-0.3, -0.25) is 4.90 Å². The number of likely N-dealkylation sites (tertiary alicyclic amines) is 1. The number of benzene rings is 1. The Morgan fingerprint density at radius 1 is 1.21 bits per heavy atom. The molecule has 1 aliphatic heterocycles. The van der Waals surface area contributed by atoms with Crippen molar-refractivity contribution in [2.75, 3.05) is 19.6 Å². The van der Waals surface area contributed by atoms with Crippen LogP contribution in [0, 0.1) is 6.92 Å². The van der Waals surface area contributed by atoms with Gasteiger partial charge in [0.05, 0.1) is 0 Å². The fourth-order valence-corrected chi connectivity index (χ4v) is 2.90. The van der Waals surface area contributed by atoms with Crippen LogP contribution in [0.25, 0.3) is 0 Å². The highest BCUT2D eigenvalue weighted by molar-refractivity contribution is 5.23. The molecule has 0 spiro atoms. The molecule has 0 radical (unpaired) electrons. The minimum atomic E-state index is 0.549. The summed E-state index contributed by atoms with van der Waals surface area (Å²) >= 11 is 0. The molecule has 1 fully saturated rings. The van der Waals surface area contributed by atoms with E-state index in [1.807, 2.05) is 0 Å². The monoisotopic (exact) mass is 260 g/mol. The summed E-state index contributed by atoms with van der Waals surface area (Å²) in [5.41, 5.74) is 2.80. The normalized spacial score (nSPS) is 19.5. The van der Waals surface area contributed by atoms with Gasteiger partial charge in [0.2, 0.25) is 0 Å². The van der Waals surface area contributed by atoms with E-state index in [1.54, 1.807) is 0 Å². The Morgan fingerprint density at radius 2 is 1.84 bits per heavy atom. The maximum atomic E-state index is 3.65. The topological polar surface area (TPSA) is 15.3 Å². The van der Waals surface area contributed by atoms with Crippen LogP contribution in [-0.4, -0.2) is 30.6 Å². The second-order valence-electron chi connectivity index (χ2n) is 5.85. The average molecular weight is 260 g/mol. The first kappa shape index (κ1) is 14.5. The first-order chi connectivity index (χ1) is 9.20. The molecular weight excluding hydrogens is 232 g/mol. The number of aryl methyl sites for hydroxylation is 1. The van der Waals surface area contributed by atoms with Crippen LogP contribution in [0.2, 0.25) is 0 Å². The number of piperidine rings is 1. The lowest BCUT2D eigenvalue weighted by Crippen LogP contribution is -2.43. The fraction of sp³-hybridized carbons (Fsp3) is 0.647. The lowest BCUT2D eigenvalue weighted by atomic mass is 9.99. The molecule has 0 aromatic heterocycles. The van der Waals surface area contributed by atoms with Gasteiger partial charge in [0.1, 0.15) is 0 Å². The van der Waals surface area contributed by atoms with E-state index in [4.69, 9.17) is 0 Å². The first-order valence-electron chi connectivity index (χ1n) is 7.74. The number of hydrogen-bond donors (Lipinski definition) is 1. The Balaban J connectivity index is 1.85. The van der Waals surface area contributed by atoms with E-state index >= 15 is 0 Å². The van der Waals surface area contributed by atoms with Crippen molar-refractivity contribution in [3.8, 4) is 0 Å². The Labute approximate surface area is 118 Å². The molecule has 1 saturated heterocycles. The van der Waals surface area contributed by atoms with E-state index in [0.717, 1.165) is 12.6 Å². The van der Waals surface area contributed by atoms with Crippen LogP contribution in [0.1, 0.15) is 50.3 Å². The summed E-state index contributed by atoms with van der Waals surface area (Å²) < 4.78 is 0. The molecule has 2 rings (SSSR count). The quantitative estimate of drug-likeness (QED) is 0.871. The third-order valence-corrected chi connectivity index (χ3v) is 4.32. The van der Waals surface area contributed by atoms with Crippen LogP contribution < -0.4 is 5.32 Å². The van der Waals surface area contributed by atoms with Crippen molar-refractivity contribution in [3.63, 3.8) is 0 Å². The summed E-state index contributed by atoms with van der Waals surface area (Å²) in [6.07, 6.45) is 3.81. The summed E-state index contributed by atoms with van der Waals surface area (Å²) in [6.45, 7) is 10.3. The van der Waals surface area contributed by atoms with Gasteiger partial charge in [-0.05, 0) is 45.2 Å². The molecule has 1 unspecified atom stereocenters. The van der Waals surface area contributed by atoms with Crippen molar-refractivity contribution < 1.29 is 0 Å². The first-order valence-corrected chi connectivity index (χ1v) is 7.74. The zero-order valence-corrected chi connectivity index (χ0v) is 12.7. The number of rotatable bonds is 5. The van der Waals surface area contributed by atoms with Crippen LogP contribution in [0.4, 0.5) is 0 Å². The fourth-order valence-electron chi connectivity index (χ4n) is 2.90. The van der Waals surface area contributed by atoms with Crippen LogP contribution in [0.15, 0.2) is 24.3 Å². The van der Waals surface area contributed by atoms with Crippen molar-refractivity contribution in [1.82, 2.24) is 10.2 Å². The highest BCUT2D eigenvalue weighted by Gasteiger charge is 2.22. The smallest absolute Gasteiger partial charge is 0.0319 e. The highest BCUT2D eigenvalue weighted by atomic mass is 15.2. The Bertz CT molecular complexity index is 363. The van der Waals surface area contributed by atoms with Gasteiger partial charge >= 0.3 is 0 Å². The van der Waals surface area contributed by atoms with E-state index in [2.05, 4.69) is 55.3 Å². The molecule has 1 aliphatic rings. The molecule has 0 amide bonds. The zero-order valence-electron chi connectivity index (χ0n) is 12.7. The lowest BCUT2D eigenvalue weighted by molar-refractivity contribution is 0.152. The molecule has 19 heavy (non-hydrogen) atoms. The molecule has 2 nitrogen and oxygen atoms in total. The third-order valence-electron chi connectivity index (χ3n) is 4.32. The predicted molar refractivity (Wildman–Crippen MR) is 82.5 cm³/mol. The van der Waals surface area contributed by atoms with Gasteiger partial charge in [0, 0.05) is 25.2 Å². The largest absolute Gasteiger partial charge is 0.314 e. The van der Waals surface area contributed by atoms with Crippen LogP contribution >= 0.6 is 0 Å². The second-order valence-corrected chi connectivity index (χ2v) is 5.85. The van der Waals surface area contributed by atoms with E-state index in [0.29, 0.717) is 6.04 Å². The van der Waals surface area contributed by atoms with Crippen molar-refractivity contribution in [2.24, 2.45) is 0 Å². The molecule has 1 aromatic carbocycles. The van der Waals surface area contributed by atoms with Gasteiger partial charge in [-0.15, -0.1) is 0 Å². The predicted octanol–water partition coefficient (Wildman–Crippen LogP) is 3.52. The summed E-state index contributed by atoms with van der Waals surface area (Å²) in [5, 5.41) is 3.65. The van der Waals surface area contributed by atoms with Crippen molar-refractivity contribution in [3.05, 3.63) is 35.4 Å². The minimum absolute atomic E-state index is 0.549. The molecule has 1 heterocycles. The Kier molecular flexibility index (Phi) is 5.41. The summed E-state index contributed by atoms with van der Waals surface area (Å²) in [7, 11) is 0. The van der Waals surface area contributed by atoms with Gasteiger partial charge in [-0.1, -0.05) is 36.8 Å². The molecule has 1 aromatic rings. The SMILES string of the molecule is CCCNC1CCN(C(C)c2ccc(C)cc2)CC1. The standard InChI is InChI=1S/C17H28N2/c1-4-11-18-17-9-12-19(13-10-17)15(3)16-7-5-14(2)6-8-16/h5-8,15,17-18H,4,9-13H2,1-3H3. The van der Waals surface area contributed by atoms with Crippen molar-refractivity contribution in [1.29, 1.82) is 0 Å². The summed E-state index contributed by atoms with van der Waals surface area (Å²) in [5.74, 6) is 0. The van der Waals surface area contributed by atoms with E-state index < -0.39 is 0 Å². The molecular formula is C17H28N2. The van der Waals surface area contributed by atoms with Crippen molar-refractivity contribution in [2.45, 2.75) is 52.1 Å². The summed E-state index contributed by atoms with van der Waals surface area (Å²) in [6, 6.07) is 10.3. The van der Waals surface area contributed by atoms with Gasteiger partial charge in [0.15, 0.2) is 0 Å². The van der Waals surface area contributed by atoms with Gasteiger partial charge in [0.25, 0.3) is 0 Å². The summed E-state index contributed by atoms with van der Waals surface area (Å²) in [4.78, 5) is 2.62. The van der Waals surface area contributed by atoms with Crippen LogP contribution in [0.3, 0.4) is 0 Å². The molecule has 0 bridgehead atoms. The lowest BCUT2D eigenvalue weighted by Gasteiger charge is -2.36. The minimum Gasteiger partial charge on any atom is -0.314 e. The highest BCUT2D eigenvalue weighted by Crippen LogP contribution is 2.24. The molecule has 1 atom stereocenters. The maximum Gasteiger partial charge on any atom is 0.0319 e. The third kappa shape index (κ3) is 4.05. The van der Waals surface area contributed by atoms with Gasteiger partial charge in [-0.25, -0.2) is 0 Å². The maximum absolute atomic E-state index is 3.65. The molecule has 1 N–H and O–H groups in total. The van der Waals surface area contributed by atoms with Crippen molar-refractivity contribution >= 4 is 0 Å². The molecule has 0 aliphatic carbocycles. The van der Waals surface area contributed by atoms with E-state index in [-0.39, 0.29) is 0 Å². The molecule has 106 valence electrons. The average Bonchev–Trinajstić information content (AvgIpc) is 2.46. The number of nitrogens with one attached hydrogen (secondary N) is 1. The van der Waals surface area contributed by atoms with Gasteiger partial charge in [-0.2, -0.15) is 0 Å². The Morgan fingerprint density at radius 3 is 2.42 bits per heavy atom. The van der Waals surface area contributed by atoms with Crippen LogP contribution in [0.5, 0.6) is 0 Å². The number of nitrogens with zero attached hydrogens (tertiary/aromatic N) is 1. The van der Waals surface area contributed by atoms with Gasteiger partial charge < -0.3 is 5.32 Å². The van der Waals surface area contributed by atoms with E-state index in [1.165, 1.54) is 43.5 Å². The van der Waals surface area contributed by atoms with E-state index in [9.17, 15) is 0 Å². The zero-order chi connectivity index (χ0) is 13.7. The molecule has 0 saturated carbocycles. The Hall–Kier alpha value is -0.860. The number of hydrogen-bond acceptors (Lipinski definition) is 2. The second kappa shape index (κ2) is 7.06. The molecule has 2 heteroatoms. The van der Waals surface area contributed by atoms with Crippen LogP contribution in [-0.2, 0) is 0 Å².